The van der Waals surface area contributed by atoms with Gasteiger partial charge in [-0.15, -0.1) is 0 Å². The van der Waals surface area contributed by atoms with Gasteiger partial charge in [-0.2, -0.15) is 0 Å². The summed E-state index contributed by atoms with van der Waals surface area (Å²) in [5.41, 5.74) is 4.94. The van der Waals surface area contributed by atoms with Crippen LogP contribution < -0.4 is 0 Å². The molecule has 1 aliphatic rings. The van der Waals surface area contributed by atoms with Gasteiger partial charge in [0.15, 0.2) is 0 Å². The molecule has 0 aromatic heterocycles. The van der Waals surface area contributed by atoms with Crippen LogP contribution in [0.5, 0.6) is 0 Å². The molecule has 1 aliphatic carbocycles. The van der Waals surface area contributed by atoms with Crippen molar-refractivity contribution in [3.8, 4) is 0 Å². The summed E-state index contributed by atoms with van der Waals surface area (Å²) in [6.45, 7) is 6.30. The van der Waals surface area contributed by atoms with Crippen molar-refractivity contribution in [2.45, 2.75) is 45.1 Å². The normalized spacial score (nSPS) is 18.8. The van der Waals surface area contributed by atoms with E-state index < -0.39 is 0 Å². The van der Waals surface area contributed by atoms with Gasteiger partial charge < -0.3 is 5.11 Å². The lowest BCUT2D eigenvalue weighted by atomic mass is 9.83. The van der Waals surface area contributed by atoms with E-state index in [1.54, 1.807) is 0 Å². The van der Waals surface area contributed by atoms with E-state index in [-0.39, 0.29) is 6.10 Å². The minimum Gasteiger partial charge on any atom is -0.389 e. The first-order valence-corrected chi connectivity index (χ1v) is 6.88. The van der Waals surface area contributed by atoms with Crippen molar-refractivity contribution in [2.75, 3.05) is 0 Å². The Morgan fingerprint density at radius 3 is 2.89 bits per heavy atom. The Labute approximate surface area is 110 Å². The van der Waals surface area contributed by atoms with Crippen LogP contribution in [0.1, 0.15) is 43.7 Å². The Hall–Kier alpha value is -1.34. The second-order valence-corrected chi connectivity index (χ2v) is 5.05. The van der Waals surface area contributed by atoms with Gasteiger partial charge in [0.2, 0.25) is 0 Å². The molecular weight excluding hydrogens is 220 g/mol. The van der Waals surface area contributed by atoms with Crippen molar-refractivity contribution < 1.29 is 5.11 Å². The van der Waals surface area contributed by atoms with Gasteiger partial charge in [0.1, 0.15) is 0 Å². The van der Waals surface area contributed by atoms with Crippen LogP contribution >= 0.6 is 0 Å². The van der Waals surface area contributed by atoms with E-state index in [2.05, 4.69) is 37.8 Å². The number of aryl methyl sites for hydroxylation is 1. The first kappa shape index (κ1) is 13.1. The zero-order valence-corrected chi connectivity index (χ0v) is 11.2. The van der Waals surface area contributed by atoms with E-state index in [4.69, 9.17) is 0 Å². The molecule has 0 heterocycles. The number of aliphatic hydroxyl groups is 1. The van der Waals surface area contributed by atoms with Crippen molar-refractivity contribution in [1.29, 1.82) is 0 Å². The van der Waals surface area contributed by atoms with Gasteiger partial charge in [-0.3, -0.25) is 0 Å². The fourth-order valence-electron chi connectivity index (χ4n) is 2.51. The average Bonchev–Trinajstić information content (AvgIpc) is 2.40. The number of aliphatic hydroxyl groups excluding tert-OH is 1. The van der Waals surface area contributed by atoms with Crippen LogP contribution in [0.2, 0.25) is 0 Å². The molecule has 1 heteroatoms. The first-order valence-electron chi connectivity index (χ1n) is 6.88. The van der Waals surface area contributed by atoms with Gasteiger partial charge in [-0.25, -0.2) is 0 Å². The van der Waals surface area contributed by atoms with E-state index in [1.165, 1.54) is 11.1 Å². The molecule has 18 heavy (non-hydrogen) atoms. The summed E-state index contributed by atoms with van der Waals surface area (Å²) in [6, 6.07) is 8.45. The smallest absolute Gasteiger partial charge is 0.0730 e. The lowest BCUT2D eigenvalue weighted by Crippen LogP contribution is -2.08. The molecule has 0 saturated heterocycles. The van der Waals surface area contributed by atoms with Gasteiger partial charge >= 0.3 is 0 Å². The standard InChI is InChI=1S/C17H22O/c1-3-4-8-15(18)12-17-13(2)10-11-14-7-5-6-9-16(14)17/h5-7,9,12,15,18H,2-4,8,10-11H2,1H3/b17-12-. The van der Waals surface area contributed by atoms with E-state index in [0.29, 0.717) is 0 Å². The SMILES string of the molecule is C=C1CCc2ccccc2/C1=C\C(O)CCCC. The van der Waals surface area contributed by atoms with Gasteiger partial charge in [-0.1, -0.05) is 50.6 Å². The molecule has 1 aromatic carbocycles. The van der Waals surface area contributed by atoms with Crippen molar-refractivity contribution in [1.82, 2.24) is 0 Å². The maximum Gasteiger partial charge on any atom is 0.0730 e. The second kappa shape index (κ2) is 6.01. The van der Waals surface area contributed by atoms with Crippen molar-refractivity contribution >= 4 is 5.57 Å². The lowest BCUT2D eigenvalue weighted by molar-refractivity contribution is 0.209. The minimum absolute atomic E-state index is 0.345. The zero-order chi connectivity index (χ0) is 13.0. The Balaban J connectivity index is 2.26. The molecule has 1 unspecified atom stereocenters. The Bertz CT molecular complexity index is 456. The predicted molar refractivity (Wildman–Crippen MR) is 77.4 cm³/mol. The number of benzene rings is 1. The molecule has 2 rings (SSSR count). The summed E-state index contributed by atoms with van der Waals surface area (Å²) >= 11 is 0. The van der Waals surface area contributed by atoms with Crippen LogP contribution in [0, 0.1) is 0 Å². The van der Waals surface area contributed by atoms with E-state index in [0.717, 1.165) is 43.3 Å². The lowest BCUT2D eigenvalue weighted by Gasteiger charge is -2.22. The molecule has 0 fully saturated rings. The zero-order valence-electron chi connectivity index (χ0n) is 11.2. The summed E-state index contributed by atoms with van der Waals surface area (Å²) in [4.78, 5) is 0. The van der Waals surface area contributed by atoms with Crippen LogP contribution in [0.3, 0.4) is 0 Å². The summed E-state index contributed by atoms with van der Waals surface area (Å²) < 4.78 is 0. The number of fused-ring (bicyclic) bond motifs is 1. The predicted octanol–water partition coefficient (Wildman–Crippen LogP) is 4.12. The van der Waals surface area contributed by atoms with Crippen LogP contribution in [0.4, 0.5) is 0 Å². The molecule has 0 aliphatic heterocycles. The maximum atomic E-state index is 10.1. The number of unbranched alkanes of at least 4 members (excludes halogenated alkanes) is 1. The van der Waals surface area contributed by atoms with Crippen molar-refractivity contribution in [3.05, 3.63) is 53.6 Å². The summed E-state index contributed by atoms with van der Waals surface area (Å²) in [6.07, 6.45) is 6.76. The maximum absolute atomic E-state index is 10.1. The largest absolute Gasteiger partial charge is 0.389 e. The monoisotopic (exact) mass is 242 g/mol. The average molecular weight is 242 g/mol. The third-order valence-electron chi connectivity index (χ3n) is 3.60. The van der Waals surface area contributed by atoms with Gasteiger partial charge in [-0.05, 0) is 47.6 Å². The number of rotatable bonds is 4. The molecular formula is C17H22O. The summed E-state index contributed by atoms with van der Waals surface area (Å²) in [5, 5.41) is 10.1. The molecule has 1 aromatic rings. The van der Waals surface area contributed by atoms with E-state index >= 15 is 0 Å². The first-order chi connectivity index (χ1) is 8.72. The van der Waals surface area contributed by atoms with Crippen LogP contribution in [-0.2, 0) is 6.42 Å². The van der Waals surface area contributed by atoms with Crippen molar-refractivity contribution in [2.24, 2.45) is 0 Å². The van der Waals surface area contributed by atoms with Crippen LogP contribution in [-0.4, -0.2) is 11.2 Å². The Morgan fingerprint density at radius 2 is 2.11 bits per heavy atom. The molecule has 96 valence electrons. The fourth-order valence-corrected chi connectivity index (χ4v) is 2.51. The van der Waals surface area contributed by atoms with Crippen molar-refractivity contribution in [3.63, 3.8) is 0 Å². The summed E-state index contributed by atoms with van der Waals surface area (Å²) in [7, 11) is 0. The highest BCUT2D eigenvalue weighted by molar-refractivity contribution is 5.82. The minimum atomic E-state index is -0.345. The van der Waals surface area contributed by atoms with E-state index in [1.807, 2.05) is 6.08 Å². The Kier molecular flexibility index (Phi) is 4.38. The number of hydrogen-bond donors (Lipinski definition) is 1. The number of allylic oxidation sites excluding steroid dienone is 2. The van der Waals surface area contributed by atoms with Gasteiger partial charge in [0.05, 0.1) is 6.10 Å². The third-order valence-corrected chi connectivity index (χ3v) is 3.60. The highest BCUT2D eigenvalue weighted by Crippen LogP contribution is 2.34. The van der Waals surface area contributed by atoms with Gasteiger partial charge in [0, 0.05) is 0 Å². The molecule has 1 nitrogen and oxygen atoms in total. The summed E-state index contributed by atoms with van der Waals surface area (Å²) in [5.74, 6) is 0. The van der Waals surface area contributed by atoms with Gasteiger partial charge in [0.25, 0.3) is 0 Å². The molecule has 0 amide bonds. The highest BCUT2D eigenvalue weighted by atomic mass is 16.3. The number of hydrogen-bond acceptors (Lipinski definition) is 1. The third kappa shape index (κ3) is 2.91. The van der Waals surface area contributed by atoms with E-state index in [9.17, 15) is 5.11 Å². The quantitative estimate of drug-likeness (QED) is 0.842. The molecule has 1 N–H and O–H groups in total. The molecule has 1 atom stereocenters. The highest BCUT2D eigenvalue weighted by Gasteiger charge is 2.17. The van der Waals surface area contributed by atoms with Crippen LogP contribution in [0.15, 0.2) is 42.5 Å². The molecule has 0 saturated carbocycles. The molecule has 0 radical (unpaired) electrons. The molecule has 0 bridgehead atoms. The fraction of sp³-hybridized carbons (Fsp3) is 0.412. The van der Waals surface area contributed by atoms with Crippen LogP contribution in [0.25, 0.3) is 5.57 Å². The molecule has 0 spiro atoms. The second-order valence-electron chi connectivity index (χ2n) is 5.05. The topological polar surface area (TPSA) is 20.2 Å². The Morgan fingerprint density at radius 1 is 1.33 bits per heavy atom.